The van der Waals surface area contributed by atoms with Gasteiger partial charge in [0.05, 0.1) is 0 Å². The number of phenolic OH excluding ortho intramolecular Hbond substituents is 1. The Kier molecular flexibility index (Phi) is 12.9. The van der Waals surface area contributed by atoms with Gasteiger partial charge in [-0.3, -0.25) is 14.4 Å². The molecule has 0 aliphatic heterocycles. The molecule has 37 heavy (non-hydrogen) atoms. The SMILES string of the molecule is CCCCCNC(=O)C(c1ccc(O)c(C)c1)N(CCC)C(=O)C(CCC(N)=O)NC(=O)OC(C)(C)C. The van der Waals surface area contributed by atoms with Crippen molar-refractivity contribution in [3.05, 3.63) is 29.3 Å². The van der Waals surface area contributed by atoms with Gasteiger partial charge in [0.25, 0.3) is 0 Å². The van der Waals surface area contributed by atoms with Gasteiger partial charge in [-0.25, -0.2) is 4.79 Å². The third kappa shape index (κ3) is 11.1. The lowest BCUT2D eigenvalue weighted by Crippen LogP contribution is -2.53. The quantitative estimate of drug-likeness (QED) is 0.276. The molecule has 0 aromatic heterocycles. The maximum absolute atomic E-state index is 13.9. The van der Waals surface area contributed by atoms with Gasteiger partial charge < -0.3 is 31.1 Å². The number of ether oxygens (including phenoxy) is 1. The first kappa shape index (κ1) is 31.7. The molecule has 1 aromatic rings. The molecule has 2 atom stereocenters. The Morgan fingerprint density at radius 2 is 1.78 bits per heavy atom. The predicted molar refractivity (Wildman–Crippen MR) is 142 cm³/mol. The van der Waals surface area contributed by atoms with E-state index in [2.05, 4.69) is 17.6 Å². The van der Waals surface area contributed by atoms with Gasteiger partial charge in [-0.15, -0.1) is 0 Å². The average Bonchev–Trinajstić information content (AvgIpc) is 2.79. The van der Waals surface area contributed by atoms with Gasteiger partial charge in [0.1, 0.15) is 23.4 Å². The fourth-order valence-electron chi connectivity index (χ4n) is 3.81. The number of rotatable bonds is 14. The van der Waals surface area contributed by atoms with Crippen LogP contribution in [-0.2, 0) is 19.1 Å². The first-order valence-corrected chi connectivity index (χ1v) is 13.0. The second kappa shape index (κ2) is 15.1. The van der Waals surface area contributed by atoms with Crippen LogP contribution in [0.15, 0.2) is 18.2 Å². The summed E-state index contributed by atoms with van der Waals surface area (Å²) in [5.74, 6) is -1.45. The van der Waals surface area contributed by atoms with Gasteiger partial charge in [-0.1, -0.05) is 32.8 Å². The van der Waals surface area contributed by atoms with Gasteiger partial charge in [-0.05, 0) is 70.2 Å². The standard InChI is InChI=1S/C27H44N4O6/c1-7-9-10-15-29-24(34)23(19-11-13-21(32)18(3)17-19)31(16-8-2)25(35)20(12-14-22(28)33)30-26(36)37-27(4,5)6/h11,13,17,20,23,32H,7-10,12,14-16H2,1-6H3,(H2,28,33)(H,29,34)(H,30,36). The van der Waals surface area contributed by atoms with Crippen LogP contribution in [0.5, 0.6) is 5.75 Å². The number of amides is 4. The topological polar surface area (TPSA) is 151 Å². The van der Waals surface area contributed by atoms with Crippen LogP contribution in [0.25, 0.3) is 0 Å². The number of nitrogens with zero attached hydrogens (tertiary/aromatic N) is 1. The van der Waals surface area contributed by atoms with Gasteiger partial charge in [0, 0.05) is 19.5 Å². The zero-order chi connectivity index (χ0) is 28.2. The maximum Gasteiger partial charge on any atom is 0.408 e. The Labute approximate surface area is 220 Å². The van der Waals surface area contributed by atoms with Crippen LogP contribution in [0.1, 0.15) is 90.3 Å². The Morgan fingerprint density at radius 1 is 1.11 bits per heavy atom. The first-order valence-electron chi connectivity index (χ1n) is 13.0. The molecule has 0 bridgehead atoms. The van der Waals surface area contributed by atoms with E-state index in [0.717, 1.165) is 19.3 Å². The molecule has 0 saturated carbocycles. The van der Waals surface area contributed by atoms with Crippen molar-refractivity contribution in [3.63, 3.8) is 0 Å². The average molecular weight is 521 g/mol. The Morgan fingerprint density at radius 3 is 2.32 bits per heavy atom. The molecule has 0 saturated heterocycles. The molecule has 0 spiro atoms. The molecule has 1 aromatic carbocycles. The van der Waals surface area contributed by atoms with E-state index in [1.165, 1.54) is 11.0 Å². The van der Waals surface area contributed by atoms with Gasteiger partial charge in [-0.2, -0.15) is 0 Å². The van der Waals surface area contributed by atoms with E-state index in [1.54, 1.807) is 39.8 Å². The molecule has 10 nitrogen and oxygen atoms in total. The number of hydrogen-bond acceptors (Lipinski definition) is 6. The van der Waals surface area contributed by atoms with Crippen molar-refractivity contribution in [1.82, 2.24) is 15.5 Å². The molecule has 2 unspecified atom stereocenters. The number of benzene rings is 1. The molecule has 0 aliphatic carbocycles. The molecule has 0 aliphatic rings. The summed E-state index contributed by atoms with van der Waals surface area (Å²) >= 11 is 0. The number of alkyl carbamates (subject to hydrolysis) is 1. The van der Waals surface area contributed by atoms with Crippen LogP contribution in [0.2, 0.25) is 0 Å². The summed E-state index contributed by atoms with van der Waals surface area (Å²) in [5.41, 5.74) is 5.61. The van der Waals surface area contributed by atoms with Crippen LogP contribution in [0.3, 0.4) is 0 Å². The maximum atomic E-state index is 13.9. The van der Waals surface area contributed by atoms with Crippen molar-refractivity contribution >= 4 is 23.8 Å². The lowest BCUT2D eigenvalue weighted by Gasteiger charge is -2.34. The Balaban J connectivity index is 3.42. The summed E-state index contributed by atoms with van der Waals surface area (Å²) in [6.07, 6.45) is 2.29. The molecule has 0 radical (unpaired) electrons. The highest BCUT2D eigenvalue weighted by atomic mass is 16.6. The van der Waals surface area contributed by atoms with Crippen LogP contribution < -0.4 is 16.4 Å². The minimum absolute atomic E-state index is 0.0485. The largest absolute Gasteiger partial charge is 0.508 e. The highest BCUT2D eigenvalue weighted by Gasteiger charge is 2.36. The highest BCUT2D eigenvalue weighted by molar-refractivity contribution is 5.92. The molecule has 10 heteroatoms. The van der Waals surface area contributed by atoms with Crippen molar-refractivity contribution < 1.29 is 29.0 Å². The lowest BCUT2D eigenvalue weighted by molar-refractivity contribution is -0.142. The Hall–Kier alpha value is -3.30. The van der Waals surface area contributed by atoms with Crippen molar-refractivity contribution in [3.8, 4) is 5.75 Å². The predicted octanol–water partition coefficient (Wildman–Crippen LogP) is 3.45. The number of aryl methyl sites for hydroxylation is 1. The first-order chi connectivity index (χ1) is 17.3. The zero-order valence-corrected chi connectivity index (χ0v) is 23.1. The van der Waals surface area contributed by atoms with Crippen molar-refractivity contribution in [2.75, 3.05) is 13.1 Å². The number of carbonyl (C=O) groups is 4. The van der Waals surface area contributed by atoms with E-state index in [9.17, 15) is 24.3 Å². The van der Waals surface area contributed by atoms with E-state index in [-0.39, 0.29) is 31.0 Å². The van der Waals surface area contributed by atoms with Crippen LogP contribution in [0.4, 0.5) is 4.79 Å². The molecule has 4 amide bonds. The van der Waals surface area contributed by atoms with Crippen molar-refractivity contribution in [2.24, 2.45) is 5.73 Å². The highest BCUT2D eigenvalue weighted by Crippen LogP contribution is 2.27. The van der Waals surface area contributed by atoms with Crippen LogP contribution in [-0.4, -0.2) is 58.6 Å². The van der Waals surface area contributed by atoms with Crippen molar-refractivity contribution in [1.29, 1.82) is 0 Å². The second-order valence-corrected chi connectivity index (χ2v) is 10.2. The number of nitrogens with one attached hydrogen (secondary N) is 2. The normalized spacial score (nSPS) is 12.8. The van der Waals surface area contributed by atoms with Crippen molar-refractivity contribution in [2.45, 2.75) is 97.8 Å². The molecular formula is C27H44N4O6. The minimum atomic E-state index is -1.14. The molecule has 5 N–H and O–H groups in total. The summed E-state index contributed by atoms with van der Waals surface area (Å²) in [5, 5.41) is 15.5. The van der Waals surface area contributed by atoms with Gasteiger partial charge >= 0.3 is 6.09 Å². The van der Waals surface area contributed by atoms with E-state index >= 15 is 0 Å². The monoisotopic (exact) mass is 520 g/mol. The fourth-order valence-corrected chi connectivity index (χ4v) is 3.81. The van der Waals surface area contributed by atoms with E-state index in [1.807, 2.05) is 6.92 Å². The number of phenols is 1. The third-order valence-electron chi connectivity index (χ3n) is 5.59. The second-order valence-electron chi connectivity index (χ2n) is 10.2. The number of aromatic hydroxyl groups is 1. The molecule has 208 valence electrons. The summed E-state index contributed by atoms with van der Waals surface area (Å²) in [4.78, 5) is 52.8. The number of primary amides is 1. The van der Waals surface area contributed by atoms with Gasteiger partial charge in [0.2, 0.25) is 17.7 Å². The molecular weight excluding hydrogens is 476 g/mol. The summed E-state index contributed by atoms with van der Waals surface area (Å²) in [7, 11) is 0. The number of carbonyl (C=O) groups excluding carboxylic acids is 4. The summed E-state index contributed by atoms with van der Waals surface area (Å²) in [6, 6.07) is 2.61. The van der Waals surface area contributed by atoms with Gasteiger partial charge in [0.15, 0.2) is 0 Å². The van der Waals surface area contributed by atoms with E-state index in [4.69, 9.17) is 10.5 Å². The fraction of sp³-hybridized carbons (Fsp3) is 0.630. The molecule has 0 fully saturated rings. The minimum Gasteiger partial charge on any atom is -0.508 e. The summed E-state index contributed by atoms with van der Waals surface area (Å²) < 4.78 is 5.32. The number of unbranched alkanes of at least 4 members (excludes halogenated alkanes) is 2. The summed E-state index contributed by atoms with van der Waals surface area (Å²) in [6.45, 7) is 11.4. The molecule has 1 rings (SSSR count). The number of hydrogen-bond donors (Lipinski definition) is 4. The lowest BCUT2D eigenvalue weighted by atomic mass is 9.99. The van der Waals surface area contributed by atoms with E-state index in [0.29, 0.717) is 24.1 Å². The smallest absolute Gasteiger partial charge is 0.408 e. The number of nitrogens with two attached hydrogens (primary N) is 1. The van der Waals surface area contributed by atoms with Crippen LogP contribution in [0, 0.1) is 6.92 Å². The molecule has 0 heterocycles. The third-order valence-corrected chi connectivity index (χ3v) is 5.59. The van der Waals surface area contributed by atoms with E-state index < -0.39 is 35.6 Å². The Bertz CT molecular complexity index is 928. The van der Waals surface area contributed by atoms with Crippen LogP contribution >= 0.6 is 0 Å². The zero-order valence-electron chi connectivity index (χ0n) is 23.1.